The fraction of sp³-hybridized carbons (Fsp3) is 0.200. The molecule has 1 N–H and O–H groups in total. The monoisotopic (exact) mass is 390 g/mol. The third-order valence-electron chi connectivity index (χ3n) is 3.37. The van der Waals surface area contributed by atoms with Gasteiger partial charge in [-0.2, -0.15) is 0 Å². The normalized spacial score (nSPS) is 10.7. The molecule has 26 heavy (non-hydrogen) atoms. The number of nitrogens with zero attached hydrogens (tertiary/aromatic N) is 5. The van der Waals surface area contributed by atoms with Gasteiger partial charge in [0.15, 0.2) is 16.1 Å². The summed E-state index contributed by atoms with van der Waals surface area (Å²) in [4.78, 5) is 27.4. The van der Waals surface area contributed by atoms with Gasteiger partial charge in [-0.3, -0.25) is 14.9 Å². The molecule has 0 aliphatic carbocycles. The van der Waals surface area contributed by atoms with Gasteiger partial charge < -0.3 is 9.88 Å². The van der Waals surface area contributed by atoms with E-state index >= 15 is 0 Å². The van der Waals surface area contributed by atoms with Crippen molar-refractivity contribution in [3.8, 4) is 11.4 Å². The molecule has 0 unspecified atom stereocenters. The zero-order valence-corrected chi connectivity index (χ0v) is 15.5. The van der Waals surface area contributed by atoms with Gasteiger partial charge in [0.1, 0.15) is 0 Å². The minimum Gasteiger partial charge on any atom is -0.305 e. The van der Waals surface area contributed by atoms with Crippen LogP contribution in [0.2, 0.25) is 0 Å². The number of hydrogen-bond donors (Lipinski definition) is 1. The number of thioether (sulfide) groups is 1. The first kappa shape index (κ1) is 18.0. The summed E-state index contributed by atoms with van der Waals surface area (Å²) in [7, 11) is 1.78. The van der Waals surface area contributed by atoms with Crippen molar-refractivity contribution in [3.63, 3.8) is 0 Å². The number of carbonyl (C=O) groups excluding carboxylic acids is 1. The molecule has 1 aromatic carbocycles. The van der Waals surface area contributed by atoms with Gasteiger partial charge in [-0.25, -0.2) is 4.98 Å². The standard InChI is InChI=1S/C15H14N6O3S2/c1-9-7-16-14(26-9)17-12(22)8-25-15-19-18-13(20(15)2)10-3-5-11(6-4-10)21(23)24/h3-7H,8H2,1-2H3,(H,16,17,22). The van der Waals surface area contributed by atoms with Crippen molar-refractivity contribution in [1.82, 2.24) is 19.7 Å². The van der Waals surface area contributed by atoms with E-state index in [0.717, 1.165) is 4.88 Å². The Morgan fingerprint density at radius 3 is 2.69 bits per heavy atom. The van der Waals surface area contributed by atoms with Crippen LogP contribution in [0.4, 0.5) is 10.8 Å². The Morgan fingerprint density at radius 1 is 1.35 bits per heavy atom. The average Bonchev–Trinajstić information content (AvgIpc) is 3.18. The highest BCUT2D eigenvalue weighted by atomic mass is 32.2. The number of hydrogen-bond acceptors (Lipinski definition) is 8. The van der Waals surface area contributed by atoms with Crippen molar-refractivity contribution in [2.24, 2.45) is 7.05 Å². The Bertz CT molecular complexity index is 951. The number of carbonyl (C=O) groups is 1. The van der Waals surface area contributed by atoms with Crippen LogP contribution in [-0.4, -0.2) is 36.3 Å². The van der Waals surface area contributed by atoms with Crippen LogP contribution >= 0.6 is 23.1 Å². The lowest BCUT2D eigenvalue weighted by Gasteiger charge is -2.04. The summed E-state index contributed by atoms with van der Waals surface area (Å²) in [6.45, 7) is 1.92. The molecule has 0 saturated heterocycles. The molecule has 2 heterocycles. The Balaban J connectivity index is 1.65. The van der Waals surface area contributed by atoms with Crippen LogP contribution < -0.4 is 5.32 Å². The fourth-order valence-electron chi connectivity index (χ4n) is 2.12. The number of nitrogens with one attached hydrogen (secondary N) is 1. The van der Waals surface area contributed by atoms with Gasteiger partial charge >= 0.3 is 0 Å². The lowest BCUT2D eigenvalue weighted by atomic mass is 10.2. The molecule has 0 spiro atoms. The number of anilines is 1. The fourth-order valence-corrected chi connectivity index (χ4v) is 3.51. The van der Waals surface area contributed by atoms with Gasteiger partial charge in [0.25, 0.3) is 5.69 Å². The van der Waals surface area contributed by atoms with E-state index in [1.54, 1.807) is 29.9 Å². The summed E-state index contributed by atoms with van der Waals surface area (Å²) in [5.74, 6) is 0.563. The highest BCUT2D eigenvalue weighted by molar-refractivity contribution is 7.99. The predicted molar refractivity (Wildman–Crippen MR) is 99.3 cm³/mol. The second kappa shape index (κ2) is 7.62. The number of aromatic nitrogens is 4. The molecule has 3 rings (SSSR count). The number of nitro benzene ring substituents is 1. The molecular weight excluding hydrogens is 376 g/mol. The van der Waals surface area contributed by atoms with Crippen molar-refractivity contribution in [2.45, 2.75) is 12.1 Å². The molecule has 0 fully saturated rings. The topological polar surface area (TPSA) is 116 Å². The molecule has 11 heteroatoms. The zero-order chi connectivity index (χ0) is 18.7. The maximum Gasteiger partial charge on any atom is 0.269 e. The van der Waals surface area contributed by atoms with Gasteiger partial charge in [-0.1, -0.05) is 11.8 Å². The number of thiazole rings is 1. The van der Waals surface area contributed by atoms with Gasteiger partial charge in [-0.05, 0) is 19.1 Å². The number of non-ortho nitro benzene ring substituents is 1. The Morgan fingerprint density at radius 2 is 2.08 bits per heavy atom. The van der Waals surface area contributed by atoms with E-state index in [1.165, 1.54) is 35.2 Å². The van der Waals surface area contributed by atoms with Gasteiger partial charge in [0.05, 0.1) is 10.7 Å². The van der Waals surface area contributed by atoms with Crippen LogP contribution in [0.5, 0.6) is 0 Å². The van der Waals surface area contributed by atoms with Gasteiger partial charge in [0, 0.05) is 35.8 Å². The summed E-state index contributed by atoms with van der Waals surface area (Å²) in [6, 6.07) is 6.07. The molecule has 0 aliphatic heterocycles. The van der Waals surface area contributed by atoms with Crippen molar-refractivity contribution in [1.29, 1.82) is 0 Å². The minimum atomic E-state index is -0.454. The highest BCUT2D eigenvalue weighted by Gasteiger charge is 2.14. The van der Waals surface area contributed by atoms with E-state index in [2.05, 4.69) is 20.5 Å². The SMILES string of the molecule is Cc1cnc(NC(=O)CSc2nnc(-c3ccc([N+](=O)[O-])cc3)n2C)s1. The van der Waals surface area contributed by atoms with E-state index in [9.17, 15) is 14.9 Å². The average molecular weight is 390 g/mol. The molecule has 0 radical (unpaired) electrons. The van der Waals surface area contributed by atoms with Crippen LogP contribution in [0.25, 0.3) is 11.4 Å². The molecule has 9 nitrogen and oxygen atoms in total. The molecule has 0 aliphatic rings. The van der Waals surface area contributed by atoms with E-state index in [-0.39, 0.29) is 17.3 Å². The van der Waals surface area contributed by atoms with Crippen molar-refractivity contribution in [3.05, 3.63) is 45.5 Å². The predicted octanol–water partition coefficient (Wildman–Crippen LogP) is 2.89. The first-order valence-corrected chi connectivity index (χ1v) is 9.23. The smallest absolute Gasteiger partial charge is 0.269 e. The molecule has 2 aromatic heterocycles. The summed E-state index contributed by atoms with van der Waals surface area (Å²) < 4.78 is 1.74. The number of benzene rings is 1. The van der Waals surface area contributed by atoms with Gasteiger partial charge in [0.2, 0.25) is 5.91 Å². The molecule has 3 aromatic rings. The van der Waals surface area contributed by atoms with Crippen molar-refractivity contribution in [2.75, 3.05) is 11.1 Å². The van der Waals surface area contributed by atoms with E-state index in [1.807, 2.05) is 6.92 Å². The Kier molecular flexibility index (Phi) is 5.28. The first-order valence-electron chi connectivity index (χ1n) is 7.43. The number of rotatable bonds is 6. The van der Waals surface area contributed by atoms with Crippen LogP contribution in [0.3, 0.4) is 0 Å². The summed E-state index contributed by atoms with van der Waals surface area (Å²) in [5.41, 5.74) is 0.722. The van der Waals surface area contributed by atoms with E-state index < -0.39 is 4.92 Å². The van der Waals surface area contributed by atoms with E-state index in [0.29, 0.717) is 21.7 Å². The minimum absolute atomic E-state index is 0.0135. The third kappa shape index (κ3) is 4.06. The first-order chi connectivity index (χ1) is 12.4. The third-order valence-corrected chi connectivity index (χ3v) is 5.22. The number of nitro groups is 1. The molecule has 0 bridgehead atoms. The highest BCUT2D eigenvalue weighted by Crippen LogP contribution is 2.24. The van der Waals surface area contributed by atoms with Gasteiger partial charge in [-0.15, -0.1) is 21.5 Å². The molecule has 1 amide bonds. The van der Waals surface area contributed by atoms with E-state index in [4.69, 9.17) is 0 Å². The lowest BCUT2D eigenvalue weighted by molar-refractivity contribution is -0.384. The second-order valence-electron chi connectivity index (χ2n) is 5.28. The van der Waals surface area contributed by atoms with Crippen LogP contribution in [0.1, 0.15) is 4.88 Å². The maximum atomic E-state index is 12.0. The van der Waals surface area contributed by atoms with Crippen LogP contribution in [0, 0.1) is 17.0 Å². The second-order valence-corrected chi connectivity index (χ2v) is 7.46. The molecule has 134 valence electrons. The molecular formula is C15H14N6O3S2. The van der Waals surface area contributed by atoms with Crippen LogP contribution in [-0.2, 0) is 11.8 Å². The zero-order valence-electron chi connectivity index (χ0n) is 13.9. The van der Waals surface area contributed by atoms with Crippen LogP contribution in [0.15, 0.2) is 35.6 Å². The summed E-state index contributed by atoms with van der Waals surface area (Å²) in [6.07, 6.45) is 1.70. The number of amides is 1. The molecule has 0 atom stereocenters. The summed E-state index contributed by atoms with van der Waals surface area (Å²) in [5, 5.41) is 22.8. The maximum absolute atomic E-state index is 12.0. The lowest BCUT2D eigenvalue weighted by Crippen LogP contribution is -2.14. The quantitative estimate of drug-likeness (QED) is 0.391. The Labute approximate surface area is 156 Å². The number of aryl methyl sites for hydroxylation is 1. The Hall–Kier alpha value is -2.79. The summed E-state index contributed by atoms with van der Waals surface area (Å²) >= 11 is 2.66. The van der Waals surface area contributed by atoms with Crippen molar-refractivity contribution < 1.29 is 9.72 Å². The largest absolute Gasteiger partial charge is 0.305 e. The molecule has 0 saturated carbocycles. The van der Waals surface area contributed by atoms with Crippen molar-refractivity contribution >= 4 is 39.8 Å².